The lowest BCUT2D eigenvalue weighted by atomic mass is 10.2. The molecule has 29 heavy (non-hydrogen) atoms. The van der Waals surface area contributed by atoms with E-state index in [9.17, 15) is 18.0 Å². The van der Waals surface area contributed by atoms with Gasteiger partial charge in [0, 0.05) is 5.69 Å². The van der Waals surface area contributed by atoms with E-state index in [0.717, 1.165) is 12.1 Å². The molecule has 0 aliphatic heterocycles. The van der Waals surface area contributed by atoms with Crippen LogP contribution in [-0.2, 0) is 11.0 Å². The molecule has 0 spiro atoms. The van der Waals surface area contributed by atoms with Gasteiger partial charge in [0.2, 0.25) is 5.96 Å². The van der Waals surface area contributed by atoms with Crippen molar-refractivity contribution in [2.45, 2.75) is 6.18 Å². The summed E-state index contributed by atoms with van der Waals surface area (Å²) < 4.78 is 48.8. The van der Waals surface area contributed by atoms with E-state index in [2.05, 4.69) is 15.5 Å². The first-order valence-corrected chi connectivity index (χ1v) is 8.09. The molecule has 0 unspecified atom stereocenters. The Balaban J connectivity index is 2.01. The minimum Gasteiger partial charge on any atom is -0.493 e. The smallest absolute Gasteiger partial charge is 0.416 e. The van der Waals surface area contributed by atoms with Gasteiger partial charge in [-0.15, -0.1) is 5.10 Å². The van der Waals surface area contributed by atoms with E-state index < -0.39 is 24.3 Å². The molecule has 0 aromatic heterocycles. The SMILES string of the molecule is COc1cc(C=NN=C(N)N)ccc1OCC(=O)Nc1cccc(C(F)(F)F)c1. The van der Waals surface area contributed by atoms with Gasteiger partial charge in [0.1, 0.15) is 0 Å². The van der Waals surface area contributed by atoms with Crippen LogP contribution >= 0.6 is 0 Å². The highest BCUT2D eigenvalue weighted by Gasteiger charge is 2.30. The molecule has 0 saturated carbocycles. The van der Waals surface area contributed by atoms with Crippen LogP contribution < -0.4 is 26.3 Å². The number of amides is 1. The summed E-state index contributed by atoms with van der Waals surface area (Å²) in [5.74, 6) is -0.263. The van der Waals surface area contributed by atoms with Gasteiger partial charge in [0.15, 0.2) is 18.1 Å². The van der Waals surface area contributed by atoms with Crippen molar-refractivity contribution >= 4 is 23.8 Å². The number of nitrogens with two attached hydrogens (primary N) is 2. The van der Waals surface area contributed by atoms with Crippen LogP contribution in [0.4, 0.5) is 18.9 Å². The average Bonchev–Trinajstić information content (AvgIpc) is 2.66. The summed E-state index contributed by atoms with van der Waals surface area (Å²) in [5.41, 5.74) is 10.1. The molecule has 2 aromatic rings. The highest BCUT2D eigenvalue weighted by molar-refractivity contribution is 5.92. The third-order valence-corrected chi connectivity index (χ3v) is 3.40. The van der Waals surface area contributed by atoms with Crippen molar-refractivity contribution in [3.8, 4) is 11.5 Å². The highest BCUT2D eigenvalue weighted by atomic mass is 19.4. The minimum atomic E-state index is -4.50. The largest absolute Gasteiger partial charge is 0.493 e. The van der Waals surface area contributed by atoms with Crippen LogP contribution in [0.2, 0.25) is 0 Å². The number of carbonyl (C=O) groups excluding carboxylic acids is 1. The number of nitrogens with one attached hydrogen (secondary N) is 1. The summed E-state index contributed by atoms with van der Waals surface area (Å²) in [5, 5.41) is 9.48. The molecular weight excluding hydrogens is 391 g/mol. The lowest BCUT2D eigenvalue weighted by Crippen LogP contribution is -2.21. The zero-order chi connectivity index (χ0) is 21.4. The number of carbonyl (C=O) groups is 1. The molecule has 0 aliphatic carbocycles. The van der Waals surface area contributed by atoms with Crippen molar-refractivity contribution in [2.24, 2.45) is 21.7 Å². The molecule has 0 aliphatic rings. The molecule has 8 nitrogen and oxygen atoms in total. The zero-order valence-electron chi connectivity index (χ0n) is 15.2. The number of nitrogens with zero attached hydrogens (tertiary/aromatic N) is 2. The monoisotopic (exact) mass is 409 g/mol. The van der Waals surface area contributed by atoms with E-state index >= 15 is 0 Å². The van der Waals surface area contributed by atoms with Crippen LogP contribution in [0.5, 0.6) is 11.5 Å². The number of alkyl halides is 3. The molecule has 2 aromatic carbocycles. The van der Waals surface area contributed by atoms with E-state index in [1.54, 1.807) is 12.1 Å². The van der Waals surface area contributed by atoms with Crippen molar-refractivity contribution in [2.75, 3.05) is 19.0 Å². The zero-order valence-corrected chi connectivity index (χ0v) is 15.2. The predicted molar refractivity (Wildman–Crippen MR) is 102 cm³/mol. The maximum Gasteiger partial charge on any atom is 0.416 e. The van der Waals surface area contributed by atoms with E-state index in [1.165, 1.54) is 31.5 Å². The standard InChI is InChI=1S/C18H18F3N5O3/c1-28-15-7-11(9-24-26-17(22)23)5-6-14(15)29-10-16(27)25-13-4-2-3-12(8-13)18(19,20)21/h2-9H,10H2,1H3,(H,25,27)(H4,22,23,26). The molecule has 11 heteroatoms. The molecule has 1 amide bonds. The molecule has 2 rings (SSSR count). The third kappa shape index (κ3) is 6.72. The van der Waals surface area contributed by atoms with Gasteiger partial charge in [-0.05, 0) is 42.0 Å². The van der Waals surface area contributed by atoms with Crippen LogP contribution in [-0.4, -0.2) is 31.8 Å². The molecule has 0 heterocycles. The van der Waals surface area contributed by atoms with Crippen molar-refractivity contribution in [3.63, 3.8) is 0 Å². The van der Waals surface area contributed by atoms with Gasteiger partial charge in [-0.3, -0.25) is 4.79 Å². The van der Waals surface area contributed by atoms with Crippen LogP contribution in [0.25, 0.3) is 0 Å². The highest BCUT2D eigenvalue weighted by Crippen LogP contribution is 2.31. The summed E-state index contributed by atoms with van der Waals surface area (Å²) in [6, 6.07) is 9.02. The van der Waals surface area contributed by atoms with Gasteiger partial charge in [-0.2, -0.15) is 18.3 Å². The Morgan fingerprint density at radius 1 is 1.17 bits per heavy atom. The maximum absolute atomic E-state index is 12.7. The molecule has 0 radical (unpaired) electrons. The number of hydrogen-bond acceptors (Lipinski definition) is 5. The van der Waals surface area contributed by atoms with Crippen LogP contribution in [0.15, 0.2) is 52.7 Å². The Hall–Kier alpha value is -3.76. The third-order valence-electron chi connectivity index (χ3n) is 3.40. The summed E-state index contributed by atoms with van der Waals surface area (Å²) in [4.78, 5) is 12.0. The molecule has 154 valence electrons. The Bertz CT molecular complexity index is 925. The summed E-state index contributed by atoms with van der Waals surface area (Å²) in [7, 11) is 1.40. The maximum atomic E-state index is 12.7. The first kappa shape index (κ1) is 21.5. The Kier molecular flexibility index (Phi) is 7.01. The van der Waals surface area contributed by atoms with Crippen LogP contribution in [0.3, 0.4) is 0 Å². The fourth-order valence-electron chi connectivity index (χ4n) is 2.16. The molecule has 0 atom stereocenters. The van der Waals surface area contributed by atoms with Gasteiger partial charge in [-0.25, -0.2) is 0 Å². The van der Waals surface area contributed by atoms with E-state index in [1.807, 2.05) is 0 Å². The fourth-order valence-corrected chi connectivity index (χ4v) is 2.16. The first-order chi connectivity index (χ1) is 13.7. The normalized spacial score (nSPS) is 11.2. The fraction of sp³-hybridized carbons (Fsp3) is 0.167. The first-order valence-electron chi connectivity index (χ1n) is 8.09. The van der Waals surface area contributed by atoms with E-state index in [-0.39, 0.29) is 17.4 Å². The number of halogens is 3. The number of rotatable bonds is 7. The molecule has 0 bridgehead atoms. The average molecular weight is 409 g/mol. The van der Waals surface area contributed by atoms with E-state index in [4.69, 9.17) is 20.9 Å². The Labute approximate surface area is 164 Å². The van der Waals surface area contributed by atoms with Gasteiger partial charge in [0.25, 0.3) is 5.91 Å². The van der Waals surface area contributed by atoms with Gasteiger partial charge >= 0.3 is 6.18 Å². The summed E-state index contributed by atoms with van der Waals surface area (Å²) >= 11 is 0. The second-order valence-electron chi connectivity index (χ2n) is 5.60. The van der Waals surface area contributed by atoms with Gasteiger partial charge < -0.3 is 26.3 Å². The Morgan fingerprint density at radius 2 is 1.93 bits per heavy atom. The topological polar surface area (TPSA) is 124 Å². The summed E-state index contributed by atoms with van der Waals surface area (Å²) in [6.07, 6.45) is -3.12. The number of hydrogen-bond donors (Lipinski definition) is 3. The number of ether oxygens (including phenoxy) is 2. The summed E-state index contributed by atoms with van der Waals surface area (Å²) in [6.45, 7) is -0.436. The second kappa shape index (κ2) is 9.44. The number of anilines is 1. The molecule has 0 saturated heterocycles. The number of guanidine groups is 1. The quantitative estimate of drug-likeness (QED) is 0.368. The second-order valence-corrected chi connectivity index (χ2v) is 5.60. The van der Waals surface area contributed by atoms with Crippen molar-refractivity contribution in [1.82, 2.24) is 0 Å². The van der Waals surface area contributed by atoms with E-state index in [0.29, 0.717) is 11.3 Å². The van der Waals surface area contributed by atoms with Crippen LogP contribution in [0.1, 0.15) is 11.1 Å². The Morgan fingerprint density at radius 3 is 2.59 bits per heavy atom. The van der Waals surface area contributed by atoms with Crippen LogP contribution in [0, 0.1) is 0 Å². The molecule has 5 N–H and O–H groups in total. The lowest BCUT2D eigenvalue weighted by molar-refractivity contribution is -0.137. The molecule has 0 fully saturated rings. The van der Waals surface area contributed by atoms with Gasteiger partial charge in [-0.1, -0.05) is 6.07 Å². The predicted octanol–water partition coefficient (Wildman–Crippen LogP) is 2.34. The number of methoxy groups -OCH3 is 1. The number of benzene rings is 2. The van der Waals surface area contributed by atoms with Crippen molar-refractivity contribution < 1.29 is 27.4 Å². The van der Waals surface area contributed by atoms with Crippen molar-refractivity contribution in [3.05, 3.63) is 53.6 Å². The molecular formula is C18H18F3N5O3. The van der Waals surface area contributed by atoms with Crippen molar-refractivity contribution in [1.29, 1.82) is 0 Å². The minimum absolute atomic E-state index is 0.00619. The van der Waals surface area contributed by atoms with Gasteiger partial charge in [0.05, 0.1) is 18.9 Å². The lowest BCUT2D eigenvalue weighted by Gasteiger charge is -2.12.